The molecule has 0 saturated heterocycles. The van der Waals surface area contributed by atoms with Crippen LogP contribution in [0, 0.1) is 23.7 Å². The number of nitrogens with one attached hydrogen (secondary N) is 2. The summed E-state index contributed by atoms with van der Waals surface area (Å²) in [6.45, 7) is 0. The second-order valence-electron chi connectivity index (χ2n) is 6.99. The highest BCUT2D eigenvalue weighted by molar-refractivity contribution is 6.07. The van der Waals surface area contributed by atoms with Crippen molar-refractivity contribution in [3.8, 4) is 0 Å². The zero-order chi connectivity index (χ0) is 14.1. The number of aromatic amines is 1. The SMILES string of the molecule is Nc1ccc2c(C(=O)NC3C4C5CCC(C5)C34)c[nH]c2c1. The van der Waals surface area contributed by atoms with Gasteiger partial charge in [0.1, 0.15) is 0 Å². The van der Waals surface area contributed by atoms with E-state index in [1.54, 1.807) is 6.20 Å². The van der Waals surface area contributed by atoms with Crippen LogP contribution in [0.2, 0.25) is 0 Å². The molecule has 3 aliphatic rings. The second-order valence-corrected chi connectivity index (χ2v) is 6.99. The van der Waals surface area contributed by atoms with Crippen molar-refractivity contribution in [3.05, 3.63) is 30.0 Å². The van der Waals surface area contributed by atoms with Gasteiger partial charge in [0.25, 0.3) is 5.91 Å². The molecule has 1 amide bonds. The number of rotatable bonds is 2. The maximum atomic E-state index is 12.6. The lowest BCUT2D eigenvalue weighted by Crippen LogP contribution is -2.29. The van der Waals surface area contributed by atoms with Crippen LogP contribution < -0.4 is 11.1 Å². The van der Waals surface area contributed by atoms with E-state index in [4.69, 9.17) is 5.73 Å². The number of H-pyrrole nitrogens is 1. The van der Waals surface area contributed by atoms with Crippen molar-refractivity contribution >= 4 is 22.5 Å². The molecule has 3 fully saturated rings. The van der Waals surface area contributed by atoms with Crippen molar-refractivity contribution in [2.24, 2.45) is 23.7 Å². The van der Waals surface area contributed by atoms with Crippen molar-refractivity contribution in [1.82, 2.24) is 10.3 Å². The quantitative estimate of drug-likeness (QED) is 0.740. The molecule has 4 heteroatoms. The van der Waals surface area contributed by atoms with Crippen LogP contribution in [0.15, 0.2) is 24.4 Å². The molecule has 3 saturated carbocycles. The topological polar surface area (TPSA) is 70.9 Å². The number of anilines is 1. The van der Waals surface area contributed by atoms with E-state index in [1.807, 2.05) is 18.2 Å². The lowest BCUT2D eigenvalue weighted by atomic mass is 10.0. The Labute approximate surface area is 123 Å². The number of amides is 1. The van der Waals surface area contributed by atoms with Gasteiger partial charge in [-0.05, 0) is 61.1 Å². The molecule has 108 valence electrons. The van der Waals surface area contributed by atoms with Crippen LogP contribution in [0.1, 0.15) is 29.6 Å². The minimum atomic E-state index is 0.0600. The zero-order valence-corrected chi connectivity index (χ0v) is 11.8. The Kier molecular flexibility index (Phi) is 2.12. The molecule has 5 rings (SSSR count). The Morgan fingerprint density at radius 2 is 2.00 bits per heavy atom. The highest BCUT2D eigenvalue weighted by atomic mass is 16.1. The Morgan fingerprint density at radius 3 is 2.76 bits per heavy atom. The van der Waals surface area contributed by atoms with Gasteiger partial charge in [0, 0.05) is 28.8 Å². The lowest BCUT2D eigenvalue weighted by Gasteiger charge is -2.10. The predicted octanol–water partition coefficient (Wildman–Crippen LogP) is 2.52. The summed E-state index contributed by atoms with van der Waals surface area (Å²) in [4.78, 5) is 15.7. The Bertz CT molecular complexity index is 734. The first kappa shape index (κ1) is 11.7. The zero-order valence-electron chi connectivity index (χ0n) is 11.8. The molecule has 4 atom stereocenters. The first-order chi connectivity index (χ1) is 10.2. The van der Waals surface area contributed by atoms with Crippen LogP contribution in [0.3, 0.4) is 0 Å². The highest BCUT2D eigenvalue weighted by Crippen LogP contribution is 2.65. The van der Waals surface area contributed by atoms with Gasteiger partial charge in [-0.2, -0.15) is 0 Å². The number of nitrogens with two attached hydrogens (primary N) is 1. The van der Waals surface area contributed by atoms with Crippen molar-refractivity contribution in [3.63, 3.8) is 0 Å². The summed E-state index contributed by atoms with van der Waals surface area (Å²) >= 11 is 0. The van der Waals surface area contributed by atoms with Crippen molar-refractivity contribution in [2.45, 2.75) is 25.3 Å². The molecule has 21 heavy (non-hydrogen) atoms. The molecule has 4 N–H and O–H groups in total. The summed E-state index contributed by atoms with van der Waals surface area (Å²) in [5, 5.41) is 4.23. The van der Waals surface area contributed by atoms with Gasteiger partial charge in [-0.15, -0.1) is 0 Å². The van der Waals surface area contributed by atoms with Crippen molar-refractivity contribution in [2.75, 3.05) is 5.73 Å². The fourth-order valence-electron chi connectivity index (χ4n) is 5.08. The predicted molar refractivity (Wildman–Crippen MR) is 81.8 cm³/mol. The second kappa shape index (κ2) is 3.81. The molecule has 2 bridgehead atoms. The van der Waals surface area contributed by atoms with E-state index in [-0.39, 0.29) is 5.91 Å². The molecule has 2 aromatic rings. The van der Waals surface area contributed by atoms with Gasteiger partial charge in [-0.1, -0.05) is 0 Å². The summed E-state index contributed by atoms with van der Waals surface area (Å²) in [5.74, 6) is 3.37. The monoisotopic (exact) mass is 281 g/mol. The number of carbonyl (C=O) groups is 1. The van der Waals surface area contributed by atoms with E-state index in [0.29, 0.717) is 11.7 Å². The smallest absolute Gasteiger partial charge is 0.253 e. The minimum absolute atomic E-state index is 0.0600. The van der Waals surface area contributed by atoms with Gasteiger partial charge in [-0.3, -0.25) is 4.79 Å². The van der Waals surface area contributed by atoms with E-state index in [0.717, 1.165) is 40.1 Å². The van der Waals surface area contributed by atoms with E-state index in [9.17, 15) is 4.79 Å². The molecule has 0 aliphatic heterocycles. The number of hydrogen-bond donors (Lipinski definition) is 3. The fraction of sp³-hybridized carbons (Fsp3) is 0.471. The van der Waals surface area contributed by atoms with Crippen molar-refractivity contribution in [1.29, 1.82) is 0 Å². The van der Waals surface area contributed by atoms with Gasteiger partial charge >= 0.3 is 0 Å². The minimum Gasteiger partial charge on any atom is -0.399 e. The van der Waals surface area contributed by atoms with Crippen LogP contribution in [0.4, 0.5) is 5.69 Å². The molecule has 1 aromatic heterocycles. The largest absolute Gasteiger partial charge is 0.399 e. The van der Waals surface area contributed by atoms with Crippen LogP contribution >= 0.6 is 0 Å². The first-order valence-corrected chi connectivity index (χ1v) is 7.90. The summed E-state index contributed by atoms with van der Waals surface area (Å²) in [5.41, 5.74) is 8.16. The normalized spacial score (nSPS) is 35.9. The van der Waals surface area contributed by atoms with Gasteiger partial charge in [0.2, 0.25) is 0 Å². The molecule has 4 nitrogen and oxygen atoms in total. The highest BCUT2D eigenvalue weighted by Gasteiger charge is 2.65. The Hall–Kier alpha value is -1.97. The van der Waals surface area contributed by atoms with Crippen molar-refractivity contribution < 1.29 is 4.79 Å². The van der Waals surface area contributed by atoms with Crippen LogP contribution in [-0.4, -0.2) is 16.9 Å². The third-order valence-electron chi connectivity index (χ3n) is 5.98. The number of nitrogen functional groups attached to an aromatic ring is 1. The summed E-state index contributed by atoms with van der Waals surface area (Å²) in [7, 11) is 0. The van der Waals surface area contributed by atoms with E-state index in [2.05, 4.69) is 10.3 Å². The molecule has 3 aliphatic carbocycles. The molecule has 0 spiro atoms. The summed E-state index contributed by atoms with van der Waals surface area (Å²) < 4.78 is 0. The van der Waals surface area contributed by atoms with Crippen LogP contribution in [0.25, 0.3) is 10.9 Å². The summed E-state index contributed by atoms with van der Waals surface area (Å²) in [6.07, 6.45) is 5.97. The number of carbonyl (C=O) groups excluding carboxylic acids is 1. The third-order valence-corrected chi connectivity index (χ3v) is 5.98. The van der Waals surface area contributed by atoms with E-state index >= 15 is 0 Å². The maximum absolute atomic E-state index is 12.6. The lowest BCUT2D eigenvalue weighted by molar-refractivity contribution is 0.0946. The molecule has 1 aromatic carbocycles. The number of benzene rings is 1. The molecular weight excluding hydrogens is 262 g/mol. The van der Waals surface area contributed by atoms with E-state index < -0.39 is 0 Å². The fourth-order valence-corrected chi connectivity index (χ4v) is 5.08. The Morgan fingerprint density at radius 1 is 1.24 bits per heavy atom. The average Bonchev–Trinajstić information content (AvgIpc) is 2.88. The summed E-state index contributed by atoms with van der Waals surface area (Å²) in [6, 6.07) is 6.08. The number of fused-ring (bicyclic) bond motifs is 6. The molecule has 1 heterocycles. The Balaban J connectivity index is 1.39. The average molecular weight is 281 g/mol. The van der Waals surface area contributed by atoms with Gasteiger partial charge in [0.05, 0.1) is 5.56 Å². The molecule has 0 radical (unpaired) electrons. The van der Waals surface area contributed by atoms with Gasteiger partial charge in [0.15, 0.2) is 0 Å². The first-order valence-electron chi connectivity index (χ1n) is 7.90. The number of hydrogen-bond acceptors (Lipinski definition) is 2. The standard InChI is InChI=1S/C17H19N3O/c18-10-3-4-11-12(7-19-13(11)6-10)17(21)20-16-14-8-1-2-9(5-8)15(14)16/h3-4,6-9,14-16,19H,1-2,5,18H2,(H,20,21). The van der Waals surface area contributed by atoms with Crippen LogP contribution in [-0.2, 0) is 0 Å². The number of aromatic nitrogens is 1. The van der Waals surface area contributed by atoms with Gasteiger partial charge < -0.3 is 16.0 Å². The van der Waals surface area contributed by atoms with E-state index in [1.165, 1.54) is 19.3 Å². The third kappa shape index (κ3) is 1.53. The molecular formula is C17H19N3O. The molecule has 4 unspecified atom stereocenters. The maximum Gasteiger partial charge on any atom is 0.253 e. The van der Waals surface area contributed by atoms with Crippen LogP contribution in [0.5, 0.6) is 0 Å². The van der Waals surface area contributed by atoms with Gasteiger partial charge in [-0.25, -0.2) is 0 Å².